The van der Waals surface area contributed by atoms with Gasteiger partial charge in [0.1, 0.15) is 6.04 Å². The van der Waals surface area contributed by atoms with E-state index in [1.807, 2.05) is 31.2 Å². The molecule has 126 valence electrons. The quantitative estimate of drug-likeness (QED) is 0.795. The molecule has 0 heterocycles. The average molecular weight is 327 g/mol. The number of ether oxygens (including phenoxy) is 1. The largest absolute Gasteiger partial charge is 0.467 e. The summed E-state index contributed by atoms with van der Waals surface area (Å²) < 4.78 is 4.78. The molecule has 0 aliphatic carbocycles. The number of carbonyl (C=O) groups excluding carboxylic acids is 2. The highest BCUT2D eigenvalue weighted by molar-refractivity contribution is 5.87. The summed E-state index contributed by atoms with van der Waals surface area (Å²) in [5, 5.41) is 12.7. The van der Waals surface area contributed by atoms with Crippen LogP contribution in [-0.4, -0.2) is 30.1 Å². The molecule has 0 spiro atoms. The highest BCUT2D eigenvalue weighted by atomic mass is 16.5. The van der Waals surface area contributed by atoms with E-state index in [-0.39, 0.29) is 0 Å². The number of hydrogen-bond acceptors (Lipinski definition) is 4. The summed E-state index contributed by atoms with van der Waals surface area (Å²) in [6.07, 6.45) is -1.04. The summed E-state index contributed by atoms with van der Waals surface area (Å²) in [4.78, 5) is 24.3. The number of amides is 1. The van der Waals surface area contributed by atoms with E-state index >= 15 is 0 Å². The molecule has 0 saturated carbocycles. The van der Waals surface area contributed by atoms with E-state index in [1.165, 1.54) is 7.11 Å². The van der Waals surface area contributed by atoms with E-state index in [9.17, 15) is 14.7 Å². The SMILES string of the molecule is COC(=O)[C@@H](Cc1ccccc1C)NC(=O)[C@@H](O)c1ccccc1. The van der Waals surface area contributed by atoms with Crippen LogP contribution in [0.25, 0.3) is 0 Å². The Hall–Kier alpha value is -2.66. The second kappa shape index (κ2) is 8.26. The Balaban J connectivity index is 2.13. The zero-order valence-corrected chi connectivity index (χ0v) is 13.7. The third kappa shape index (κ3) is 4.43. The van der Waals surface area contributed by atoms with E-state index in [0.717, 1.165) is 11.1 Å². The number of aliphatic hydroxyl groups excluding tert-OH is 1. The predicted molar refractivity (Wildman–Crippen MR) is 90.2 cm³/mol. The third-order valence-electron chi connectivity index (χ3n) is 3.85. The molecule has 0 radical (unpaired) electrons. The van der Waals surface area contributed by atoms with E-state index in [1.54, 1.807) is 30.3 Å². The summed E-state index contributed by atoms with van der Waals surface area (Å²) in [5.41, 5.74) is 2.42. The molecule has 0 saturated heterocycles. The van der Waals surface area contributed by atoms with Gasteiger partial charge in [-0.1, -0.05) is 54.6 Å². The Bertz CT molecular complexity index is 700. The van der Waals surface area contributed by atoms with Gasteiger partial charge < -0.3 is 15.2 Å². The number of benzene rings is 2. The molecule has 5 heteroatoms. The average Bonchev–Trinajstić information content (AvgIpc) is 2.62. The number of nitrogens with one attached hydrogen (secondary N) is 1. The molecule has 2 aromatic rings. The van der Waals surface area contributed by atoms with Gasteiger partial charge in [-0.2, -0.15) is 0 Å². The molecule has 0 fully saturated rings. The van der Waals surface area contributed by atoms with Crippen LogP contribution in [0.15, 0.2) is 54.6 Å². The number of rotatable bonds is 6. The number of hydrogen-bond donors (Lipinski definition) is 2. The molecule has 2 rings (SSSR count). The van der Waals surface area contributed by atoms with Crippen molar-refractivity contribution in [2.75, 3.05) is 7.11 Å². The van der Waals surface area contributed by atoms with E-state index < -0.39 is 24.0 Å². The Labute approximate surface area is 141 Å². The molecule has 0 aliphatic rings. The van der Waals surface area contributed by atoms with Crippen molar-refractivity contribution < 1.29 is 19.4 Å². The van der Waals surface area contributed by atoms with Crippen LogP contribution >= 0.6 is 0 Å². The highest BCUT2D eigenvalue weighted by Crippen LogP contribution is 2.14. The Morgan fingerprint density at radius 1 is 1.08 bits per heavy atom. The maximum Gasteiger partial charge on any atom is 0.328 e. The van der Waals surface area contributed by atoms with Crippen LogP contribution in [0.3, 0.4) is 0 Å². The molecule has 0 bridgehead atoms. The number of aliphatic hydroxyl groups is 1. The molecule has 0 aromatic heterocycles. The first-order chi connectivity index (χ1) is 11.5. The molecule has 1 amide bonds. The normalized spacial score (nSPS) is 13.0. The molecular weight excluding hydrogens is 306 g/mol. The van der Waals surface area contributed by atoms with Crippen molar-refractivity contribution in [2.24, 2.45) is 0 Å². The second-order valence-electron chi connectivity index (χ2n) is 5.53. The fraction of sp³-hybridized carbons (Fsp3) is 0.263. The Kier molecular flexibility index (Phi) is 6.09. The molecule has 2 N–H and O–H groups in total. The van der Waals surface area contributed by atoms with Gasteiger partial charge >= 0.3 is 5.97 Å². The van der Waals surface area contributed by atoms with Gasteiger partial charge in [0, 0.05) is 6.42 Å². The lowest BCUT2D eigenvalue weighted by atomic mass is 10.0. The van der Waals surface area contributed by atoms with Crippen molar-refractivity contribution in [1.29, 1.82) is 0 Å². The topological polar surface area (TPSA) is 75.6 Å². The third-order valence-corrected chi connectivity index (χ3v) is 3.85. The molecule has 24 heavy (non-hydrogen) atoms. The van der Waals surface area contributed by atoms with Crippen LogP contribution in [0.4, 0.5) is 0 Å². The molecule has 2 aromatic carbocycles. The van der Waals surface area contributed by atoms with Crippen LogP contribution in [0, 0.1) is 6.92 Å². The highest BCUT2D eigenvalue weighted by Gasteiger charge is 2.26. The van der Waals surface area contributed by atoms with Crippen molar-refractivity contribution in [3.05, 3.63) is 71.3 Å². The van der Waals surface area contributed by atoms with Gasteiger partial charge in [-0.3, -0.25) is 4.79 Å². The lowest BCUT2D eigenvalue weighted by Crippen LogP contribution is -2.45. The lowest BCUT2D eigenvalue weighted by Gasteiger charge is -2.19. The summed E-state index contributed by atoms with van der Waals surface area (Å²) in [6, 6.07) is 15.3. The van der Waals surface area contributed by atoms with E-state index in [0.29, 0.717) is 12.0 Å². The van der Waals surface area contributed by atoms with Crippen LogP contribution < -0.4 is 5.32 Å². The minimum Gasteiger partial charge on any atom is -0.467 e. The maximum atomic E-state index is 12.3. The van der Waals surface area contributed by atoms with Gasteiger partial charge in [-0.05, 0) is 23.6 Å². The van der Waals surface area contributed by atoms with E-state index in [4.69, 9.17) is 4.74 Å². The first-order valence-corrected chi connectivity index (χ1v) is 7.68. The molecule has 5 nitrogen and oxygen atoms in total. The first kappa shape index (κ1) is 17.7. The van der Waals surface area contributed by atoms with Gasteiger partial charge in [0.2, 0.25) is 0 Å². The van der Waals surface area contributed by atoms with Crippen LogP contribution in [-0.2, 0) is 20.7 Å². The molecule has 0 aliphatic heterocycles. The molecule has 0 unspecified atom stereocenters. The van der Waals surface area contributed by atoms with Crippen molar-refractivity contribution in [2.45, 2.75) is 25.5 Å². The Morgan fingerprint density at radius 2 is 1.71 bits per heavy atom. The number of esters is 1. The van der Waals surface area contributed by atoms with Crippen molar-refractivity contribution in [3.63, 3.8) is 0 Å². The molecule has 2 atom stereocenters. The lowest BCUT2D eigenvalue weighted by molar-refractivity contribution is -0.146. The van der Waals surface area contributed by atoms with Crippen LogP contribution in [0.2, 0.25) is 0 Å². The van der Waals surface area contributed by atoms with E-state index in [2.05, 4.69) is 5.32 Å². The van der Waals surface area contributed by atoms with Gasteiger partial charge in [0.05, 0.1) is 7.11 Å². The standard InChI is InChI=1S/C19H21NO4/c1-13-8-6-7-11-15(13)12-16(19(23)24-2)20-18(22)17(21)14-9-4-3-5-10-14/h3-11,16-17,21H,12H2,1-2H3,(H,20,22)/t16-,17+/m1/s1. The Morgan fingerprint density at radius 3 is 2.33 bits per heavy atom. The molecular formula is C19H21NO4. The van der Waals surface area contributed by atoms with Crippen molar-refractivity contribution in [1.82, 2.24) is 5.32 Å². The number of carbonyl (C=O) groups is 2. The van der Waals surface area contributed by atoms with Gasteiger partial charge in [-0.25, -0.2) is 4.79 Å². The summed E-state index contributed by atoms with van der Waals surface area (Å²) in [6.45, 7) is 1.93. The second-order valence-corrected chi connectivity index (χ2v) is 5.53. The van der Waals surface area contributed by atoms with Crippen molar-refractivity contribution in [3.8, 4) is 0 Å². The smallest absolute Gasteiger partial charge is 0.328 e. The summed E-state index contributed by atoms with van der Waals surface area (Å²) in [7, 11) is 1.27. The van der Waals surface area contributed by atoms with Crippen LogP contribution in [0.5, 0.6) is 0 Å². The first-order valence-electron chi connectivity index (χ1n) is 7.68. The monoisotopic (exact) mass is 327 g/mol. The van der Waals surface area contributed by atoms with Gasteiger partial charge in [-0.15, -0.1) is 0 Å². The predicted octanol–water partition coefficient (Wildman–Crippen LogP) is 1.93. The minimum atomic E-state index is -1.34. The fourth-order valence-corrected chi connectivity index (χ4v) is 2.43. The number of methoxy groups -OCH3 is 1. The minimum absolute atomic E-state index is 0.298. The fourth-order valence-electron chi connectivity index (χ4n) is 2.43. The van der Waals surface area contributed by atoms with Crippen molar-refractivity contribution >= 4 is 11.9 Å². The van der Waals surface area contributed by atoms with Gasteiger partial charge in [0.25, 0.3) is 5.91 Å². The zero-order valence-electron chi connectivity index (χ0n) is 13.7. The maximum absolute atomic E-state index is 12.3. The van der Waals surface area contributed by atoms with Gasteiger partial charge in [0.15, 0.2) is 6.10 Å². The summed E-state index contributed by atoms with van der Waals surface area (Å²) in [5.74, 6) is -1.18. The summed E-state index contributed by atoms with van der Waals surface area (Å²) >= 11 is 0. The van der Waals surface area contributed by atoms with Crippen LogP contribution in [0.1, 0.15) is 22.8 Å². The number of aryl methyl sites for hydroxylation is 1. The zero-order chi connectivity index (χ0) is 17.5.